The zero-order chi connectivity index (χ0) is 19.0. The standard InChI is InChI=1S/C18H18N4O5/c1-24-14-6-11-12(7-15(14)25-2)20-18(21-19)22(17(11)23)8-10-3-4-13-16(5-10)27-9-26-13/h3-7H,8-9,19H2,1-2H3,(H,20,21). The molecule has 9 heteroatoms. The maximum absolute atomic E-state index is 13.1. The fourth-order valence-corrected chi connectivity index (χ4v) is 3.03. The molecule has 4 rings (SSSR count). The average Bonchev–Trinajstić information content (AvgIpc) is 3.16. The molecular formula is C18H18N4O5. The number of methoxy groups -OCH3 is 2. The third-order valence-corrected chi connectivity index (χ3v) is 4.37. The Morgan fingerprint density at radius 2 is 1.89 bits per heavy atom. The highest BCUT2D eigenvalue weighted by Crippen LogP contribution is 2.33. The first-order valence-electron chi connectivity index (χ1n) is 8.16. The fraction of sp³-hybridized carbons (Fsp3) is 0.222. The first-order valence-corrected chi connectivity index (χ1v) is 8.16. The summed E-state index contributed by atoms with van der Waals surface area (Å²) in [7, 11) is 3.03. The fourth-order valence-electron chi connectivity index (χ4n) is 3.03. The van der Waals surface area contributed by atoms with E-state index in [4.69, 9.17) is 24.8 Å². The molecule has 0 unspecified atom stereocenters. The van der Waals surface area contributed by atoms with Crippen molar-refractivity contribution in [2.75, 3.05) is 26.4 Å². The van der Waals surface area contributed by atoms with Crippen molar-refractivity contribution in [3.8, 4) is 23.0 Å². The predicted octanol–water partition coefficient (Wildman–Crippen LogP) is 1.48. The van der Waals surface area contributed by atoms with E-state index in [-0.39, 0.29) is 24.8 Å². The third-order valence-electron chi connectivity index (χ3n) is 4.37. The number of benzene rings is 2. The molecule has 0 saturated carbocycles. The Balaban J connectivity index is 1.84. The molecule has 0 atom stereocenters. The predicted molar refractivity (Wildman–Crippen MR) is 98.6 cm³/mol. The van der Waals surface area contributed by atoms with E-state index >= 15 is 0 Å². The first-order chi connectivity index (χ1) is 13.1. The number of nitrogens with one attached hydrogen (secondary N) is 1. The highest BCUT2D eigenvalue weighted by molar-refractivity contribution is 5.83. The van der Waals surface area contributed by atoms with Crippen LogP contribution in [0.2, 0.25) is 0 Å². The number of aromatic nitrogens is 2. The van der Waals surface area contributed by atoms with Crippen LogP contribution in [0.5, 0.6) is 23.0 Å². The van der Waals surface area contributed by atoms with Gasteiger partial charge in [0, 0.05) is 6.07 Å². The van der Waals surface area contributed by atoms with Crippen molar-refractivity contribution < 1.29 is 18.9 Å². The van der Waals surface area contributed by atoms with E-state index in [0.29, 0.717) is 33.9 Å². The Morgan fingerprint density at radius 1 is 1.15 bits per heavy atom. The smallest absolute Gasteiger partial charge is 0.263 e. The lowest BCUT2D eigenvalue weighted by Gasteiger charge is -2.14. The molecule has 1 aromatic heterocycles. The summed E-state index contributed by atoms with van der Waals surface area (Å²) < 4.78 is 22.7. The van der Waals surface area contributed by atoms with Gasteiger partial charge in [-0.15, -0.1) is 0 Å². The summed E-state index contributed by atoms with van der Waals surface area (Å²) in [6, 6.07) is 8.74. The molecule has 2 heterocycles. The van der Waals surface area contributed by atoms with Gasteiger partial charge in [-0.2, -0.15) is 0 Å². The molecule has 1 aliphatic rings. The van der Waals surface area contributed by atoms with Crippen LogP contribution in [0.25, 0.3) is 10.9 Å². The van der Waals surface area contributed by atoms with Gasteiger partial charge in [-0.05, 0) is 23.8 Å². The van der Waals surface area contributed by atoms with Crippen molar-refractivity contribution >= 4 is 16.9 Å². The molecule has 9 nitrogen and oxygen atoms in total. The van der Waals surface area contributed by atoms with Crippen LogP contribution in [-0.4, -0.2) is 30.6 Å². The maximum Gasteiger partial charge on any atom is 0.263 e. The van der Waals surface area contributed by atoms with Gasteiger partial charge in [0.25, 0.3) is 5.56 Å². The Morgan fingerprint density at radius 3 is 2.63 bits per heavy atom. The summed E-state index contributed by atoms with van der Waals surface area (Å²) in [4.78, 5) is 17.5. The van der Waals surface area contributed by atoms with Crippen molar-refractivity contribution in [3.05, 3.63) is 46.2 Å². The largest absolute Gasteiger partial charge is 0.493 e. The van der Waals surface area contributed by atoms with Crippen LogP contribution < -0.4 is 35.8 Å². The summed E-state index contributed by atoms with van der Waals surface area (Å²) in [6.07, 6.45) is 0. The first kappa shape index (κ1) is 17.0. The van der Waals surface area contributed by atoms with Crippen molar-refractivity contribution in [2.45, 2.75) is 6.54 Å². The molecular weight excluding hydrogens is 352 g/mol. The lowest BCUT2D eigenvalue weighted by molar-refractivity contribution is 0.174. The SMILES string of the molecule is COc1cc2nc(NN)n(Cc3ccc4c(c3)OCO4)c(=O)c2cc1OC. The van der Waals surface area contributed by atoms with Gasteiger partial charge in [0.05, 0.1) is 31.7 Å². The van der Waals surface area contributed by atoms with Crippen LogP contribution in [0.4, 0.5) is 5.95 Å². The third kappa shape index (κ3) is 2.87. The number of nitrogen functional groups attached to an aromatic ring is 1. The molecule has 27 heavy (non-hydrogen) atoms. The molecule has 0 saturated heterocycles. The minimum Gasteiger partial charge on any atom is -0.493 e. The Hall–Kier alpha value is -3.46. The van der Waals surface area contributed by atoms with Crippen molar-refractivity contribution in [3.63, 3.8) is 0 Å². The number of hydrogen-bond donors (Lipinski definition) is 2. The minimum atomic E-state index is -0.258. The number of hydrogen-bond acceptors (Lipinski definition) is 8. The summed E-state index contributed by atoms with van der Waals surface area (Å²) >= 11 is 0. The number of nitrogens with two attached hydrogens (primary N) is 1. The molecule has 2 aromatic carbocycles. The van der Waals surface area contributed by atoms with E-state index in [2.05, 4.69) is 10.4 Å². The van der Waals surface area contributed by atoms with E-state index in [0.717, 1.165) is 5.56 Å². The van der Waals surface area contributed by atoms with Gasteiger partial charge < -0.3 is 18.9 Å². The number of anilines is 1. The number of nitrogens with zero attached hydrogens (tertiary/aromatic N) is 2. The van der Waals surface area contributed by atoms with Crippen molar-refractivity contribution in [2.24, 2.45) is 5.84 Å². The summed E-state index contributed by atoms with van der Waals surface area (Å²) in [5.74, 6) is 8.09. The zero-order valence-electron chi connectivity index (χ0n) is 14.8. The molecule has 3 aromatic rings. The van der Waals surface area contributed by atoms with Gasteiger partial charge in [-0.25, -0.2) is 10.8 Å². The van der Waals surface area contributed by atoms with Crippen molar-refractivity contribution in [1.29, 1.82) is 0 Å². The quantitative estimate of drug-likeness (QED) is 0.513. The second-order valence-electron chi connectivity index (χ2n) is 5.88. The van der Waals surface area contributed by atoms with Crippen LogP contribution in [0.1, 0.15) is 5.56 Å². The molecule has 0 spiro atoms. The second kappa shape index (κ2) is 6.69. The van der Waals surface area contributed by atoms with Crippen LogP contribution >= 0.6 is 0 Å². The highest BCUT2D eigenvalue weighted by Gasteiger charge is 2.17. The summed E-state index contributed by atoms with van der Waals surface area (Å²) in [5.41, 5.74) is 3.53. The van der Waals surface area contributed by atoms with E-state index in [9.17, 15) is 4.79 Å². The van der Waals surface area contributed by atoms with Crippen LogP contribution in [-0.2, 0) is 6.54 Å². The molecule has 0 bridgehead atoms. The molecule has 3 N–H and O–H groups in total. The van der Waals surface area contributed by atoms with Gasteiger partial charge >= 0.3 is 0 Å². The van der Waals surface area contributed by atoms with E-state index in [1.807, 2.05) is 12.1 Å². The highest BCUT2D eigenvalue weighted by atomic mass is 16.7. The Labute approximate surface area is 154 Å². The molecule has 1 aliphatic heterocycles. The van der Waals surface area contributed by atoms with Gasteiger partial charge in [-0.3, -0.25) is 14.8 Å². The Kier molecular flexibility index (Phi) is 4.21. The maximum atomic E-state index is 13.1. The van der Waals surface area contributed by atoms with E-state index < -0.39 is 0 Å². The molecule has 0 radical (unpaired) electrons. The van der Waals surface area contributed by atoms with Gasteiger partial charge in [-0.1, -0.05) is 6.07 Å². The zero-order valence-corrected chi connectivity index (χ0v) is 14.8. The van der Waals surface area contributed by atoms with Gasteiger partial charge in [0.1, 0.15) is 0 Å². The lowest BCUT2D eigenvalue weighted by atomic mass is 10.2. The second-order valence-corrected chi connectivity index (χ2v) is 5.88. The van der Waals surface area contributed by atoms with E-state index in [1.54, 1.807) is 18.2 Å². The number of hydrazine groups is 1. The minimum absolute atomic E-state index is 0.188. The number of ether oxygens (including phenoxy) is 4. The van der Waals surface area contributed by atoms with Crippen LogP contribution in [0, 0.1) is 0 Å². The molecule has 0 amide bonds. The summed E-state index contributed by atoms with van der Waals surface area (Å²) in [6.45, 7) is 0.444. The summed E-state index contributed by atoms with van der Waals surface area (Å²) in [5, 5.41) is 0.396. The molecule has 0 aliphatic carbocycles. The molecule has 0 fully saturated rings. The molecule has 140 valence electrons. The average molecular weight is 370 g/mol. The van der Waals surface area contributed by atoms with Gasteiger partial charge in [0.15, 0.2) is 23.0 Å². The van der Waals surface area contributed by atoms with Gasteiger partial charge in [0.2, 0.25) is 12.7 Å². The van der Waals surface area contributed by atoms with Crippen LogP contribution in [0.3, 0.4) is 0 Å². The van der Waals surface area contributed by atoms with E-state index in [1.165, 1.54) is 18.8 Å². The topological polar surface area (TPSA) is 110 Å². The van der Waals surface area contributed by atoms with Crippen LogP contribution in [0.15, 0.2) is 35.1 Å². The lowest BCUT2D eigenvalue weighted by Crippen LogP contribution is -2.27. The normalized spacial score (nSPS) is 12.3. The Bertz CT molecular complexity index is 1080. The number of fused-ring (bicyclic) bond motifs is 2. The monoisotopic (exact) mass is 370 g/mol. The number of rotatable bonds is 5. The van der Waals surface area contributed by atoms with Crippen molar-refractivity contribution in [1.82, 2.24) is 9.55 Å².